The molecule has 26 heavy (non-hydrogen) atoms. The zero-order valence-electron chi connectivity index (χ0n) is 16.0. The van der Waals surface area contributed by atoms with Gasteiger partial charge in [0.25, 0.3) is 0 Å². The van der Waals surface area contributed by atoms with E-state index in [2.05, 4.69) is 35.2 Å². The van der Waals surface area contributed by atoms with Crippen molar-refractivity contribution < 1.29 is 9.53 Å². The molecule has 1 atom stereocenters. The first kappa shape index (κ1) is 20.0. The summed E-state index contributed by atoms with van der Waals surface area (Å²) in [5.41, 5.74) is 7.27. The maximum atomic E-state index is 11.7. The van der Waals surface area contributed by atoms with Gasteiger partial charge in [0, 0.05) is 44.0 Å². The van der Waals surface area contributed by atoms with E-state index in [1.165, 1.54) is 5.56 Å². The monoisotopic (exact) mass is 361 g/mol. The lowest BCUT2D eigenvalue weighted by Gasteiger charge is -2.31. The third-order valence-electron chi connectivity index (χ3n) is 4.75. The summed E-state index contributed by atoms with van der Waals surface area (Å²) in [4.78, 5) is 22.2. The maximum Gasteiger partial charge on any atom is 0.409 e. The third kappa shape index (κ3) is 5.89. The highest BCUT2D eigenvalue weighted by Gasteiger charge is 2.24. The van der Waals surface area contributed by atoms with Crippen LogP contribution in [0.3, 0.4) is 0 Å². The summed E-state index contributed by atoms with van der Waals surface area (Å²) < 4.78 is 5.04. The van der Waals surface area contributed by atoms with Crippen LogP contribution in [0.25, 0.3) is 0 Å². The molecule has 1 aliphatic rings. The SMILES string of the molecule is CCOC(=O)N1CCC(NC(N)=NCC(c2cccnc2)C(C)C)CC1. The van der Waals surface area contributed by atoms with Crippen LogP contribution >= 0.6 is 0 Å². The van der Waals surface area contributed by atoms with Crippen molar-refractivity contribution in [2.75, 3.05) is 26.2 Å². The minimum atomic E-state index is -0.233. The summed E-state index contributed by atoms with van der Waals surface area (Å²) in [5, 5.41) is 3.29. The predicted octanol–water partition coefficient (Wildman–Crippen LogP) is 2.35. The number of carbonyl (C=O) groups is 1. The Morgan fingerprint density at radius 3 is 2.77 bits per heavy atom. The van der Waals surface area contributed by atoms with Crippen molar-refractivity contribution in [3.63, 3.8) is 0 Å². The van der Waals surface area contributed by atoms with Gasteiger partial charge in [-0.2, -0.15) is 0 Å². The molecule has 0 bridgehead atoms. The number of nitrogens with one attached hydrogen (secondary N) is 1. The third-order valence-corrected chi connectivity index (χ3v) is 4.75. The van der Waals surface area contributed by atoms with Crippen LogP contribution in [-0.4, -0.2) is 54.2 Å². The largest absolute Gasteiger partial charge is 0.450 e. The van der Waals surface area contributed by atoms with Gasteiger partial charge in [0.15, 0.2) is 5.96 Å². The van der Waals surface area contributed by atoms with Crippen molar-refractivity contribution in [2.45, 2.75) is 45.6 Å². The molecule has 0 aromatic carbocycles. The molecule has 1 aromatic rings. The fourth-order valence-electron chi connectivity index (χ4n) is 3.17. The number of ether oxygens (including phenoxy) is 1. The normalized spacial score (nSPS) is 17.2. The second kappa shape index (κ2) is 9.99. The van der Waals surface area contributed by atoms with Crippen LogP contribution in [0.1, 0.15) is 45.1 Å². The molecule has 2 heterocycles. The van der Waals surface area contributed by atoms with Crippen LogP contribution in [0, 0.1) is 5.92 Å². The molecular weight excluding hydrogens is 330 g/mol. The minimum absolute atomic E-state index is 0.233. The molecule has 3 N–H and O–H groups in total. The molecule has 2 rings (SSSR count). The average molecular weight is 361 g/mol. The number of aromatic nitrogens is 1. The zero-order valence-corrected chi connectivity index (χ0v) is 16.0. The van der Waals surface area contributed by atoms with Gasteiger partial charge in [0.05, 0.1) is 6.61 Å². The summed E-state index contributed by atoms with van der Waals surface area (Å²) in [6, 6.07) is 4.27. The first-order chi connectivity index (χ1) is 12.5. The van der Waals surface area contributed by atoms with Gasteiger partial charge in [-0.25, -0.2) is 4.79 Å². The van der Waals surface area contributed by atoms with Crippen LogP contribution in [0.5, 0.6) is 0 Å². The number of amides is 1. The Hall–Kier alpha value is -2.31. The molecule has 7 nitrogen and oxygen atoms in total. The second-order valence-corrected chi connectivity index (χ2v) is 6.97. The summed E-state index contributed by atoms with van der Waals surface area (Å²) in [5.74, 6) is 1.20. The predicted molar refractivity (Wildman–Crippen MR) is 103 cm³/mol. The highest BCUT2D eigenvalue weighted by Crippen LogP contribution is 2.23. The Morgan fingerprint density at radius 1 is 1.46 bits per heavy atom. The number of nitrogens with zero attached hydrogens (tertiary/aromatic N) is 3. The van der Waals surface area contributed by atoms with E-state index in [4.69, 9.17) is 10.5 Å². The molecule has 0 spiro atoms. The number of pyridine rings is 1. The lowest BCUT2D eigenvalue weighted by atomic mass is 9.89. The Kier molecular flexibility index (Phi) is 7.69. The van der Waals surface area contributed by atoms with E-state index < -0.39 is 0 Å². The molecule has 0 saturated carbocycles. The lowest BCUT2D eigenvalue weighted by Crippen LogP contribution is -2.48. The van der Waals surface area contributed by atoms with Crippen LogP contribution < -0.4 is 11.1 Å². The number of likely N-dealkylation sites (tertiary alicyclic amines) is 1. The van der Waals surface area contributed by atoms with E-state index in [-0.39, 0.29) is 18.1 Å². The van der Waals surface area contributed by atoms with Gasteiger partial charge in [-0.05, 0) is 37.3 Å². The maximum absolute atomic E-state index is 11.7. The number of hydrogen-bond acceptors (Lipinski definition) is 4. The number of piperidine rings is 1. The van der Waals surface area contributed by atoms with Crippen molar-refractivity contribution in [3.05, 3.63) is 30.1 Å². The molecule has 1 fully saturated rings. The van der Waals surface area contributed by atoms with Crippen molar-refractivity contribution in [3.8, 4) is 0 Å². The fourth-order valence-corrected chi connectivity index (χ4v) is 3.17. The van der Waals surface area contributed by atoms with Crippen LogP contribution in [-0.2, 0) is 4.74 Å². The fraction of sp³-hybridized carbons (Fsp3) is 0.632. The Labute approximate surface area is 156 Å². The summed E-state index contributed by atoms with van der Waals surface area (Å²) in [6.45, 7) is 8.57. The van der Waals surface area contributed by atoms with Crippen LogP contribution in [0.15, 0.2) is 29.5 Å². The van der Waals surface area contributed by atoms with Gasteiger partial charge in [-0.3, -0.25) is 9.98 Å². The summed E-state index contributed by atoms with van der Waals surface area (Å²) in [7, 11) is 0. The quantitative estimate of drug-likeness (QED) is 0.599. The number of carbonyl (C=O) groups excluding carboxylic acids is 1. The smallest absolute Gasteiger partial charge is 0.409 e. The van der Waals surface area contributed by atoms with Gasteiger partial charge in [-0.15, -0.1) is 0 Å². The molecule has 7 heteroatoms. The minimum Gasteiger partial charge on any atom is -0.450 e. The van der Waals surface area contributed by atoms with Gasteiger partial charge in [0.2, 0.25) is 0 Å². The molecular formula is C19H31N5O2. The second-order valence-electron chi connectivity index (χ2n) is 6.97. The topological polar surface area (TPSA) is 92.8 Å². The van der Waals surface area contributed by atoms with E-state index >= 15 is 0 Å². The number of hydrogen-bond donors (Lipinski definition) is 2. The highest BCUT2D eigenvalue weighted by molar-refractivity contribution is 5.78. The van der Waals surface area contributed by atoms with E-state index in [0.29, 0.717) is 38.1 Å². The number of guanidine groups is 1. The lowest BCUT2D eigenvalue weighted by molar-refractivity contribution is 0.0963. The summed E-state index contributed by atoms with van der Waals surface area (Å²) >= 11 is 0. The molecule has 1 aromatic heterocycles. The molecule has 1 unspecified atom stereocenters. The van der Waals surface area contributed by atoms with Crippen molar-refractivity contribution in [1.29, 1.82) is 0 Å². The van der Waals surface area contributed by atoms with Crippen molar-refractivity contribution in [2.24, 2.45) is 16.6 Å². The molecule has 0 aliphatic carbocycles. The first-order valence-electron chi connectivity index (χ1n) is 9.39. The number of aliphatic imine (C=N–C) groups is 1. The highest BCUT2D eigenvalue weighted by atomic mass is 16.6. The van der Waals surface area contributed by atoms with E-state index in [1.54, 1.807) is 11.1 Å². The molecule has 0 radical (unpaired) electrons. The van der Waals surface area contributed by atoms with Crippen LogP contribution in [0.4, 0.5) is 4.79 Å². The molecule has 1 aliphatic heterocycles. The Bertz CT molecular complexity index is 583. The van der Waals surface area contributed by atoms with Crippen LogP contribution in [0.2, 0.25) is 0 Å². The zero-order chi connectivity index (χ0) is 18.9. The van der Waals surface area contributed by atoms with E-state index in [9.17, 15) is 4.79 Å². The summed E-state index contributed by atoms with van der Waals surface area (Å²) in [6.07, 6.45) is 5.12. The van der Waals surface area contributed by atoms with Gasteiger partial charge >= 0.3 is 6.09 Å². The van der Waals surface area contributed by atoms with Gasteiger partial charge in [-0.1, -0.05) is 19.9 Å². The molecule has 144 valence electrons. The molecule has 1 saturated heterocycles. The Balaban J connectivity index is 1.83. The standard InChI is InChI=1S/C19H31N5O2/c1-4-26-19(25)24-10-7-16(8-11-24)23-18(20)22-13-17(14(2)3)15-6-5-9-21-12-15/h5-6,9,12,14,16-17H,4,7-8,10-11,13H2,1-3H3,(H3,20,22,23). The average Bonchev–Trinajstić information content (AvgIpc) is 2.63. The Morgan fingerprint density at radius 2 is 2.19 bits per heavy atom. The van der Waals surface area contributed by atoms with Crippen molar-refractivity contribution in [1.82, 2.24) is 15.2 Å². The van der Waals surface area contributed by atoms with Gasteiger partial charge < -0.3 is 20.7 Å². The first-order valence-corrected chi connectivity index (χ1v) is 9.39. The molecule has 1 amide bonds. The number of rotatable bonds is 6. The van der Waals surface area contributed by atoms with E-state index in [0.717, 1.165) is 12.8 Å². The number of nitrogens with two attached hydrogens (primary N) is 1. The van der Waals surface area contributed by atoms with Gasteiger partial charge in [0.1, 0.15) is 0 Å². The van der Waals surface area contributed by atoms with E-state index in [1.807, 2.05) is 19.2 Å². The van der Waals surface area contributed by atoms with Crippen molar-refractivity contribution >= 4 is 12.1 Å².